The Labute approximate surface area is 154 Å². The fourth-order valence-electron chi connectivity index (χ4n) is 2.16. The van der Waals surface area contributed by atoms with Gasteiger partial charge in [-0.3, -0.25) is 0 Å². The van der Waals surface area contributed by atoms with E-state index >= 15 is 0 Å². The van der Waals surface area contributed by atoms with E-state index in [2.05, 4.69) is 10.2 Å². The highest BCUT2D eigenvalue weighted by molar-refractivity contribution is 7.86. The van der Waals surface area contributed by atoms with Gasteiger partial charge in [0.15, 0.2) is 0 Å². The van der Waals surface area contributed by atoms with Gasteiger partial charge >= 0.3 is 24.7 Å². The molecule has 0 heterocycles. The molecular formula is C11H12F13NO3S. The van der Waals surface area contributed by atoms with Crippen LogP contribution in [0.15, 0.2) is 0 Å². The fourth-order valence-corrected chi connectivity index (χ4v) is 2.83. The molecule has 2 unspecified atom stereocenters. The number of hydrogen-bond donors (Lipinski definition) is 1. The zero-order valence-electron chi connectivity index (χ0n) is 13.6. The second-order valence-corrected chi connectivity index (χ2v) is 7.58. The van der Waals surface area contributed by atoms with Crippen LogP contribution in [-0.4, -0.2) is 44.5 Å². The summed E-state index contributed by atoms with van der Waals surface area (Å²) in [5.41, 5.74) is -6.46. The van der Waals surface area contributed by atoms with Gasteiger partial charge in [0.2, 0.25) is 0 Å². The Hall–Kier alpha value is -1.04. The Balaban J connectivity index is 5.98. The summed E-state index contributed by atoms with van der Waals surface area (Å²) in [7, 11) is -4.87. The third kappa shape index (κ3) is 7.62. The summed E-state index contributed by atoms with van der Waals surface area (Å²) >= 11 is 0. The minimum Gasteiger partial charge on any atom is -0.224 e. The maximum absolute atomic E-state index is 13.6. The van der Waals surface area contributed by atoms with Crippen LogP contribution in [0.3, 0.4) is 0 Å². The summed E-state index contributed by atoms with van der Waals surface area (Å²) in [6.45, 7) is 0. The molecule has 0 aromatic heterocycles. The van der Waals surface area contributed by atoms with Crippen molar-refractivity contribution in [1.82, 2.24) is 0 Å². The van der Waals surface area contributed by atoms with E-state index in [1.54, 1.807) is 0 Å². The number of alkyl halides is 13. The molecule has 0 radical (unpaired) electrons. The number of nitrogens with two attached hydrogens (primary N) is 1. The third-order valence-electron chi connectivity index (χ3n) is 3.78. The Morgan fingerprint density at radius 3 is 1.38 bits per heavy atom. The van der Waals surface area contributed by atoms with Crippen LogP contribution >= 0.6 is 0 Å². The third-order valence-corrected chi connectivity index (χ3v) is 4.81. The van der Waals surface area contributed by atoms with Crippen molar-refractivity contribution in [2.75, 3.05) is 5.75 Å². The first-order valence-corrected chi connectivity index (χ1v) is 8.62. The Morgan fingerprint density at radius 2 is 1.10 bits per heavy atom. The molecule has 29 heavy (non-hydrogen) atoms. The molecule has 2 N–H and O–H groups in total. The van der Waals surface area contributed by atoms with Crippen LogP contribution in [0, 0.1) is 11.8 Å². The van der Waals surface area contributed by atoms with Crippen LogP contribution in [-0.2, 0) is 14.4 Å². The summed E-state index contributed by atoms with van der Waals surface area (Å²) in [5.74, 6) is -4.88. The molecule has 0 aliphatic rings. The summed E-state index contributed by atoms with van der Waals surface area (Å²) in [6, 6.07) is 0. The van der Waals surface area contributed by atoms with Crippen LogP contribution in [0.1, 0.15) is 19.3 Å². The van der Waals surface area contributed by atoms with Crippen molar-refractivity contribution < 1.29 is 69.8 Å². The first-order valence-electron chi connectivity index (χ1n) is 7.05. The molecule has 0 aromatic carbocycles. The van der Waals surface area contributed by atoms with Gasteiger partial charge in [-0.15, -0.1) is 0 Å². The molecule has 0 aliphatic carbocycles. The standard InChI is InChI=1S/C11H12F13NO3S/c12-7(10(19,20)21,11(22,23)24)4-6(9(16,17)18)3-5(8(13,14)15)1-2-29(26,27)28-25/h5-6H,1-4,25H2. The zero-order chi connectivity index (χ0) is 23.7. The van der Waals surface area contributed by atoms with Crippen molar-refractivity contribution in [2.45, 2.75) is 49.6 Å². The largest absolute Gasteiger partial charge is 0.431 e. The van der Waals surface area contributed by atoms with Gasteiger partial charge in [0.05, 0.1) is 17.6 Å². The van der Waals surface area contributed by atoms with Gasteiger partial charge < -0.3 is 0 Å². The van der Waals surface area contributed by atoms with Crippen molar-refractivity contribution >= 4 is 10.1 Å². The molecule has 18 heteroatoms. The van der Waals surface area contributed by atoms with Gasteiger partial charge in [-0.2, -0.15) is 71.3 Å². The molecule has 0 saturated carbocycles. The van der Waals surface area contributed by atoms with Crippen LogP contribution in [0.5, 0.6) is 0 Å². The summed E-state index contributed by atoms with van der Waals surface area (Å²) < 4.78 is 191. The summed E-state index contributed by atoms with van der Waals surface area (Å²) in [5, 5.41) is 0. The lowest BCUT2D eigenvalue weighted by Crippen LogP contribution is -2.55. The van der Waals surface area contributed by atoms with E-state index in [9.17, 15) is 65.5 Å². The lowest BCUT2D eigenvalue weighted by atomic mass is 9.83. The maximum Gasteiger partial charge on any atom is 0.431 e. The minimum atomic E-state index is -6.92. The average Bonchev–Trinajstić information content (AvgIpc) is 2.45. The highest BCUT2D eigenvalue weighted by atomic mass is 32.2. The van der Waals surface area contributed by atoms with E-state index in [1.165, 1.54) is 0 Å². The first kappa shape index (κ1) is 28.0. The highest BCUT2D eigenvalue weighted by Crippen LogP contribution is 2.53. The normalized spacial score (nSPS) is 17.3. The van der Waals surface area contributed by atoms with Crippen LogP contribution in [0.25, 0.3) is 0 Å². The number of rotatable bonds is 8. The quantitative estimate of drug-likeness (QED) is 0.404. The Kier molecular flexibility index (Phi) is 8.29. The summed E-state index contributed by atoms with van der Waals surface area (Å²) in [6.07, 6.45) is -33.3. The van der Waals surface area contributed by atoms with Crippen LogP contribution in [0.4, 0.5) is 57.1 Å². The Morgan fingerprint density at radius 1 is 0.724 bits per heavy atom. The van der Waals surface area contributed by atoms with E-state index < -0.39 is 77.3 Å². The smallest absolute Gasteiger partial charge is 0.224 e. The molecule has 0 saturated heterocycles. The maximum atomic E-state index is 13.6. The minimum absolute atomic E-state index is 1.66. The van der Waals surface area contributed by atoms with Gasteiger partial charge in [0.25, 0.3) is 15.8 Å². The molecule has 0 aliphatic heterocycles. The van der Waals surface area contributed by atoms with Crippen LogP contribution in [0.2, 0.25) is 0 Å². The predicted molar refractivity (Wildman–Crippen MR) is 67.9 cm³/mol. The van der Waals surface area contributed by atoms with Gasteiger partial charge in [0.1, 0.15) is 0 Å². The van der Waals surface area contributed by atoms with Crippen molar-refractivity contribution in [3.05, 3.63) is 0 Å². The van der Waals surface area contributed by atoms with E-state index in [4.69, 9.17) is 0 Å². The zero-order valence-corrected chi connectivity index (χ0v) is 14.4. The van der Waals surface area contributed by atoms with Gasteiger partial charge in [0, 0.05) is 6.42 Å². The molecule has 0 spiro atoms. The van der Waals surface area contributed by atoms with Crippen LogP contribution < -0.4 is 5.90 Å². The molecule has 0 fully saturated rings. The van der Waals surface area contributed by atoms with E-state index in [1.807, 2.05) is 0 Å². The number of hydrogen-bond acceptors (Lipinski definition) is 4. The van der Waals surface area contributed by atoms with Crippen molar-refractivity contribution in [2.24, 2.45) is 17.7 Å². The highest BCUT2D eigenvalue weighted by Gasteiger charge is 2.74. The number of halogens is 13. The molecule has 4 nitrogen and oxygen atoms in total. The van der Waals surface area contributed by atoms with E-state index in [0.717, 1.165) is 0 Å². The lowest BCUT2D eigenvalue weighted by Gasteiger charge is -2.35. The fraction of sp³-hybridized carbons (Fsp3) is 1.00. The second kappa shape index (κ2) is 8.60. The monoisotopic (exact) mass is 485 g/mol. The average molecular weight is 485 g/mol. The molecule has 0 rings (SSSR count). The molecule has 2 atom stereocenters. The second-order valence-electron chi connectivity index (χ2n) is 5.86. The lowest BCUT2D eigenvalue weighted by molar-refractivity contribution is -0.353. The molecule has 176 valence electrons. The molecule has 0 bridgehead atoms. The van der Waals surface area contributed by atoms with Crippen molar-refractivity contribution in [3.63, 3.8) is 0 Å². The predicted octanol–water partition coefficient (Wildman–Crippen LogP) is 4.57. The van der Waals surface area contributed by atoms with Gasteiger partial charge in [-0.05, 0) is 12.8 Å². The summed E-state index contributed by atoms with van der Waals surface area (Å²) in [4.78, 5) is 0. The Bertz CT molecular complexity index is 620. The first-order chi connectivity index (χ1) is 12.5. The topological polar surface area (TPSA) is 69.4 Å². The molecule has 0 amide bonds. The van der Waals surface area contributed by atoms with Crippen molar-refractivity contribution in [3.8, 4) is 0 Å². The van der Waals surface area contributed by atoms with Gasteiger partial charge in [-0.1, -0.05) is 0 Å². The van der Waals surface area contributed by atoms with Crippen molar-refractivity contribution in [1.29, 1.82) is 0 Å². The van der Waals surface area contributed by atoms with Gasteiger partial charge in [-0.25, -0.2) is 4.39 Å². The van der Waals surface area contributed by atoms with E-state index in [-0.39, 0.29) is 0 Å². The SMILES string of the molecule is NOS(=O)(=O)CCC(CC(CC(F)(C(F)(F)F)C(F)(F)F)C(F)(F)F)C(F)(F)F. The molecular weight excluding hydrogens is 473 g/mol. The molecule has 0 aromatic rings. The van der Waals surface area contributed by atoms with E-state index in [0.29, 0.717) is 0 Å².